The Morgan fingerprint density at radius 2 is 1.83 bits per heavy atom. The molecule has 1 rings (SSSR count). The van der Waals surface area contributed by atoms with Crippen LogP contribution in [0.1, 0.15) is 38.8 Å². The minimum absolute atomic E-state index is 0.0669. The third-order valence-electron chi connectivity index (χ3n) is 3.36. The zero-order chi connectivity index (χ0) is 14.0. The molecule has 0 spiro atoms. The van der Waals surface area contributed by atoms with Crippen LogP contribution in [0.15, 0.2) is 29.2 Å². The highest BCUT2D eigenvalue weighted by Gasteiger charge is 2.28. The average Bonchev–Trinajstić information content (AvgIpc) is 2.29. The summed E-state index contributed by atoms with van der Waals surface area (Å²) in [6, 6.07) is 5.94. The van der Waals surface area contributed by atoms with Gasteiger partial charge in [-0.1, -0.05) is 32.9 Å². The monoisotopic (exact) mass is 272 g/mol. The molecule has 0 bridgehead atoms. The quantitative estimate of drug-likeness (QED) is 0.712. The summed E-state index contributed by atoms with van der Waals surface area (Å²) < 4.78 is 22.3. The Bertz CT molecular complexity index is 495. The molecule has 0 aliphatic carbocycles. The zero-order valence-electron chi connectivity index (χ0n) is 10.8. The standard InChI is InChI=1S/C12H20N2O3S/c1-4-12(2,3)11(14-15)9-5-7-10(8-6-9)18(13,16)17/h5-8,11,14-15H,4H2,1-3H3,(H2,13,16,17). The number of hydrogen-bond acceptors (Lipinski definition) is 4. The summed E-state index contributed by atoms with van der Waals surface area (Å²) in [5, 5.41) is 14.3. The van der Waals surface area contributed by atoms with E-state index in [2.05, 4.69) is 5.48 Å². The van der Waals surface area contributed by atoms with Crippen molar-refractivity contribution >= 4 is 10.0 Å². The lowest BCUT2D eigenvalue weighted by molar-refractivity contribution is 0.0617. The molecule has 5 nitrogen and oxygen atoms in total. The predicted octanol–water partition coefficient (Wildman–Crippen LogP) is 1.79. The second-order valence-corrected chi connectivity index (χ2v) is 6.58. The Morgan fingerprint density at radius 3 is 2.17 bits per heavy atom. The van der Waals surface area contributed by atoms with Crippen molar-refractivity contribution in [1.82, 2.24) is 5.48 Å². The van der Waals surface area contributed by atoms with Gasteiger partial charge in [0.15, 0.2) is 0 Å². The third-order valence-corrected chi connectivity index (χ3v) is 4.29. The normalized spacial score (nSPS) is 14.5. The maximum atomic E-state index is 11.1. The molecule has 1 aromatic rings. The smallest absolute Gasteiger partial charge is 0.238 e. The first-order valence-electron chi connectivity index (χ1n) is 5.74. The topological polar surface area (TPSA) is 92.4 Å². The molecule has 4 N–H and O–H groups in total. The fourth-order valence-corrected chi connectivity index (χ4v) is 2.27. The molecule has 0 aliphatic heterocycles. The molecule has 0 saturated heterocycles. The van der Waals surface area contributed by atoms with Crippen LogP contribution in [0.25, 0.3) is 0 Å². The largest absolute Gasteiger partial charge is 0.316 e. The van der Waals surface area contributed by atoms with Crippen molar-refractivity contribution in [3.8, 4) is 0 Å². The number of hydrogen-bond donors (Lipinski definition) is 3. The van der Waals surface area contributed by atoms with Crippen LogP contribution in [0.3, 0.4) is 0 Å². The van der Waals surface area contributed by atoms with E-state index in [-0.39, 0.29) is 16.4 Å². The van der Waals surface area contributed by atoms with Crippen LogP contribution in [0.4, 0.5) is 0 Å². The van der Waals surface area contributed by atoms with Crippen LogP contribution < -0.4 is 10.6 Å². The minimum Gasteiger partial charge on any atom is -0.316 e. The van der Waals surface area contributed by atoms with E-state index in [1.54, 1.807) is 12.1 Å². The number of hydroxylamine groups is 1. The van der Waals surface area contributed by atoms with Gasteiger partial charge in [0, 0.05) is 0 Å². The maximum absolute atomic E-state index is 11.1. The first kappa shape index (κ1) is 15.1. The van der Waals surface area contributed by atoms with Gasteiger partial charge in [-0.05, 0) is 29.5 Å². The SMILES string of the molecule is CCC(C)(C)C(NO)c1ccc(S(N)(=O)=O)cc1. The highest BCUT2D eigenvalue weighted by atomic mass is 32.2. The molecule has 1 atom stereocenters. The van der Waals surface area contributed by atoms with Crippen molar-refractivity contribution in [2.75, 3.05) is 0 Å². The molecule has 18 heavy (non-hydrogen) atoms. The fraction of sp³-hybridized carbons (Fsp3) is 0.500. The highest BCUT2D eigenvalue weighted by Crippen LogP contribution is 2.36. The van der Waals surface area contributed by atoms with Crippen LogP contribution in [-0.4, -0.2) is 13.6 Å². The van der Waals surface area contributed by atoms with E-state index in [0.717, 1.165) is 12.0 Å². The Labute approximate surface area is 108 Å². The van der Waals surface area contributed by atoms with Gasteiger partial charge in [-0.25, -0.2) is 13.6 Å². The molecule has 0 saturated carbocycles. The highest BCUT2D eigenvalue weighted by molar-refractivity contribution is 7.89. The van der Waals surface area contributed by atoms with Crippen LogP contribution in [0, 0.1) is 5.41 Å². The van der Waals surface area contributed by atoms with Crippen molar-refractivity contribution in [3.63, 3.8) is 0 Å². The predicted molar refractivity (Wildman–Crippen MR) is 69.6 cm³/mol. The molecule has 0 fully saturated rings. The summed E-state index contributed by atoms with van der Waals surface area (Å²) in [5.74, 6) is 0. The zero-order valence-corrected chi connectivity index (χ0v) is 11.7. The summed E-state index contributed by atoms with van der Waals surface area (Å²) in [7, 11) is -3.68. The van der Waals surface area contributed by atoms with Gasteiger partial charge in [0.25, 0.3) is 0 Å². The van der Waals surface area contributed by atoms with Gasteiger partial charge in [-0.15, -0.1) is 0 Å². The van der Waals surface area contributed by atoms with Gasteiger partial charge in [0.05, 0.1) is 10.9 Å². The number of benzene rings is 1. The van der Waals surface area contributed by atoms with Gasteiger partial charge >= 0.3 is 0 Å². The average molecular weight is 272 g/mol. The summed E-state index contributed by atoms with van der Waals surface area (Å²) in [6.07, 6.45) is 0.863. The van der Waals surface area contributed by atoms with E-state index < -0.39 is 10.0 Å². The lowest BCUT2D eigenvalue weighted by Crippen LogP contribution is -2.32. The summed E-state index contributed by atoms with van der Waals surface area (Å²) in [5.41, 5.74) is 2.95. The molecule has 1 unspecified atom stereocenters. The molecule has 0 amide bonds. The van der Waals surface area contributed by atoms with Crippen LogP contribution >= 0.6 is 0 Å². The molecular formula is C12H20N2O3S. The lowest BCUT2D eigenvalue weighted by Gasteiger charge is -2.32. The molecule has 0 radical (unpaired) electrons. The van der Waals surface area contributed by atoms with E-state index >= 15 is 0 Å². The molecule has 0 aliphatic rings. The van der Waals surface area contributed by atoms with Gasteiger partial charge in [0.2, 0.25) is 10.0 Å². The number of nitrogens with two attached hydrogens (primary N) is 1. The molecule has 102 valence electrons. The van der Waals surface area contributed by atoms with Gasteiger partial charge in [-0.3, -0.25) is 0 Å². The van der Waals surface area contributed by atoms with Crippen LogP contribution in [0.2, 0.25) is 0 Å². The van der Waals surface area contributed by atoms with E-state index in [4.69, 9.17) is 5.14 Å². The number of rotatable bonds is 5. The van der Waals surface area contributed by atoms with Crippen LogP contribution in [-0.2, 0) is 10.0 Å². The first-order valence-corrected chi connectivity index (χ1v) is 7.29. The Morgan fingerprint density at radius 1 is 1.33 bits per heavy atom. The lowest BCUT2D eigenvalue weighted by atomic mass is 9.79. The van der Waals surface area contributed by atoms with E-state index in [1.165, 1.54) is 12.1 Å². The van der Waals surface area contributed by atoms with Crippen LogP contribution in [0.5, 0.6) is 0 Å². The Balaban J connectivity index is 3.11. The fourth-order valence-electron chi connectivity index (χ4n) is 1.75. The van der Waals surface area contributed by atoms with E-state index in [0.29, 0.717) is 0 Å². The molecule has 6 heteroatoms. The molecule has 1 aromatic carbocycles. The first-order chi connectivity index (χ1) is 8.22. The summed E-state index contributed by atoms with van der Waals surface area (Å²) >= 11 is 0. The van der Waals surface area contributed by atoms with Crippen molar-refractivity contribution in [2.24, 2.45) is 10.6 Å². The summed E-state index contributed by atoms with van der Waals surface area (Å²) in [6.45, 7) is 6.08. The number of primary sulfonamides is 1. The Kier molecular flexibility index (Phi) is 4.50. The van der Waals surface area contributed by atoms with Gasteiger partial charge in [-0.2, -0.15) is 5.48 Å². The second kappa shape index (κ2) is 5.36. The Hall–Kier alpha value is -0.950. The second-order valence-electron chi connectivity index (χ2n) is 5.02. The molecule has 0 aromatic heterocycles. The summed E-state index contributed by atoms with van der Waals surface area (Å²) in [4.78, 5) is 0.0669. The third kappa shape index (κ3) is 3.29. The van der Waals surface area contributed by atoms with Gasteiger partial charge < -0.3 is 5.21 Å². The maximum Gasteiger partial charge on any atom is 0.238 e. The van der Waals surface area contributed by atoms with Crippen molar-refractivity contribution in [1.29, 1.82) is 0 Å². The van der Waals surface area contributed by atoms with E-state index in [9.17, 15) is 13.6 Å². The van der Waals surface area contributed by atoms with Crippen molar-refractivity contribution in [3.05, 3.63) is 29.8 Å². The van der Waals surface area contributed by atoms with Crippen molar-refractivity contribution < 1.29 is 13.6 Å². The van der Waals surface area contributed by atoms with Crippen molar-refractivity contribution in [2.45, 2.75) is 38.1 Å². The van der Waals surface area contributed by atoms with E-state index in [1.807, 2.05) is 20.8 Å². The number of sulfonamides is 1. The van der Waals surface area contributed by atoms with Gasteiger partial charge in [0.1, 0.15) is 0 Å². The molecule has 0 heterocycles. The minimum atomic E-state index is -3.68. The molecular weight excluding hydrogens is 252 g/mol. The number of nitrogens with one attached hydrogen (secondary N) is 1.